The number of nitro groups is 1. The van der Waals surface area contributed by atoms with Gasteiger partial charge in [0.15, 0.2) is 10.9 Å². The van der Waals surface area contributed by atoms with Crippen LogP contribution in [0.4, 0.5) is 11.4 Å². The number of anilines is 1. The Labute approximate surface area is 195 Å². The lowest BCUT2D eigenvalue weighted by molar-refractivity contribution is -0.384. The molecular formula is C20H15BrN2O6S2. The molecular weight excluding hydrogens is 508 g/mol. The van der Waals surface area contributed by atoms with Gasteiger partial charge < -0.3 is 9.47 Å². The second kappa shape index (κ2) is 10.0. The number of non-ortho nitro benzene ring substituents is 1. The van der Waals surface area contributed by atoms with Gasteiger partial charge in [0, 0.05) is 22.2 Å². The van der Waals surface area contributed by atoms with Crippen molar-refractivity contribution in [3.8, 4) is 5.75 Å². The zero-order valence-electron chi connectivity index (χ0n) is 16.1. The number of rotatable bonds is 7. The monoisotopic (exact) mass is 522 g/mol. The molecule has 1 heterocycles. The number of thioether (sulfide) groups is 1. The van der Waals surface area contributed by atoms with Crippen LogP contribution in [0.15, 0.2) is 51.8 Å². The second-order valence-corrected chi connectivity index (χ2v) is 8.66. The first-order chi connectivity index (χ1) is 14.8. The average molecular weight is 523 g/mol. The van der Waals surface area contributed by atoms with E-state index in [-0.39, 0.29) is 23.2 Å². The zero-order valence-corrected chi connectivity index (χ0v) is 19.3. The highest BCUT2D eigenvalue weighted by molar-refractivity contribution is 9.10. The summed E-state index contributed by atoms with van der Waals surface area (Å²) >= 11 is 9.78. The number of halogens is 1. The Morgan fingerprint density at radius 1 is 1.32 bits per heavy atom. The molecule has 0 bridgehead atoms. The van der Waals surface area contributed by atoms with Gasteiger partial charge in [-0.05, 0) is 37.3 Å². The van der Waals surface area contributed by atoms with Crippen molar-refractivity contribution in [3.05, 3.63) is 67.5 Å². The maximum absolute atomic E-state index is 13.0. The molecule has 2 aromatic rings. The molecule has 160 valence electrons. The van der Waals surface area contributed by atoms with E-state index >= 15 is 0 Å². The summed E-state index contributed by atoms with van der Waals surface area (Å²) in [5, 5.41) is 11.1. The van der Waals surface area contributed by atoms with Crippen LogP contribution in [0.1, 0.15) is 12.5 Å². The van der Waals surface area contributed by atoms with Crippen LogP contribution >= 0.6 is 39.9 Å². The highest BCUT2D eigenvalue weighted by Crippen LogP contribution is 2.38. The van der Waals surface area contributed by atoms with E-state index in [2.05, 4.69) is 15.9 Å². The number of thiocarbonyl (C=S) groups is 1. The van der Waals surface area contributed by atoms with Gasteiger partial charge in [-0.3, -0.25) is 19.8 Å². The molecule has 0 aliphatic carbocycles. The molecule has 0 unspecified atom stereocenters. The van der Waals surface area contributed by atoms with Gasteiger partial charge >= 0.3 is 5.97 Å². The number of hydrogen-bond donors (Lipinski definition) is 0. The lowest BCUT2D eigenvalue weighted by Crippen LogP contribution is -2.27. The van der Waals surface area contributed by atoms with Gasteiger partial charge in [0.1, 0.15) is 5.75 Å². The summed E-state index contributed by atoms with van der Waals surface area (Å²) in [6.07, 6.45) is 1.60. The first kappa shape index (κ1) is 22.9. The largest absolute Gasteiger partial charge is 0.481 e. The van der Waals surface area contributed by atoms with Gasteiger partial charge in [0.2, 0.25) is 0 Å². The van der Waals surface area contributed by atoms with E-state index in [1.54, 1.807) is 37.3 Å². The first-order valence-corrected chi connectivity index (χ1v) is 10.9. The van der Waals surface area contributed by atoms with Crippen molar-refractivity contribution in [3.63, 3.8) is 0 Å². The lowest BCUT2D eigenvalue weighted by Gasteiger charge is -2.14. The molecule has 3 rings (SSSR count). The minimum Gasteiger partial charge on any atom is -0.481 e. The Bertz CT molecular complexity index is 1100. The molecule has 0 radical (unpaired) electrons. The number of amides is 1. The van der Waals surface area contributed by atoms with Crippen LogP contribution in [-0.2, 0) is 14.3 Å². The minimum absolute atomic E-state index is 0.142. The van der Waals surface area contributed by atoms with Crippen molar-refractivity contribution >= 4 is 73.6 Å². The summed E-state index contributed by atoms with van der Waals surface area (Å²) in [6, 6.07) is 10.8. The normalized spacial score (nSPS) is 14.8. The number of carbonyl (C=O) groups is 2. The Morgan fingerprint density at radius 3 is 2.81 bits per heavy atom. The van der Waals surface area contributed by atoms with Gasteiger partial charge in [-0.1, -0.05) is 46.0 Å². The molecule has 1 aliphatic heterocycles. The Morgan fingerprint density at radius 2 is 2.10 bits per heavy atom. The third-order valence-corrected chi connectivity index (χ3v) is 5.80. The van der Waals surface area contributed by atoms with Gasteiger partial charge in [0.05, 0.1) is 22.1 Å². The first-order valence-electron chi connectivity index (χ1n) is 8.90. The van der Waals surface area contributed by atoms with E-state index in [0.717, 1.165) is 16.2 Å². The summed E-state index contributed by atoms with van der Waals surface area (Å²) in [5.74, 6) is -0.531. The van der Waals surface area contributed by atoms with Crippen LogP contribution in [0.2, 0.25) is 0 Å². The molecule has 1 aliphatic rings. The third-order valence-electron chi connectivity index (χ3n) is 4.00. The summed E-state index contributed by atoms with van der Waals surface area (Å²) in [7, 11) is 0. The predicted molar refractivity (Wildman–Crippen MR) is 125 cm³/mol. The van der Waals surface area contributed by atoms with Crippen molar-refractivity contribution in [1.29, 1.82) is 0 Å². The molecule has 0 N–H and O–H groups in total. The summed E-state index contributed by atoms with van der Waals surface area (Å²) in [6.45, 7) is 1.67. The van der Waals surface area contributed by atoms with Crippen LogP contribution in [0.5, 0.6) is 5.75 Å². The molecule has 0 aromatic heterocycles. The SMILES string of the molecule is CCOC(=O)COc1ccc(Br)cc1/C=C1\SC(=S)N(c2cccc([N+](=O)[O-])c2)C1=O. The fourth-order valence-electron chi connectivity index (χ4n) is 2.68. The number of benzene rings is 2. The fourth-order valence-corrected chi connectivity index (χ4v) is 4.35. The Hall–Kier alpha value is -2.76. The lowest BCUT2D eigenvalue weighted by atomic mass is 10.2. The third kappa shape index (κ3) is 5.49. The van der Waals surface area contributed by atoms with Crippen molar-refractivity contribution < 1.29 is 24.0 Å². The maximum Gasteiger partial charge on any atom is 0.344 e. The highest BCUT2D eigenvalue weighted by atomic mass is 79.9. The van der Waals surface area contributed by atoms with Crippen molar-refractivity contribution in [2.45, 2.75) is 6.92 Å². The quantitative estimate of drug-likeness (QED) is 0.169. The molecule has 0 saturated carbocycles. The van der Waals surface area contributed by atoms with E-state index in [1.807, 2.05) is 0 Å². The van der Waals surface area contributed by atoms with E-state index in [0.29, 0.717) is 21.9 Å². The van der Waals surface area contributed by atoms with Crippen molar-refractivity contribution in [2.75, 3.05) is 18.1 Å². The minimum atomic E-state index is -0.536. The molecule has 1 saturated heterocycles. The fraction of sp³-hybridized carbons (Fsp3) is 0.150. The molecule has 1 amide bonds. The highest BCUT2D eigenvalue weighted by Gasteiger charge is 2.34. The molecule has 31 heavy (non-hydrogen) atoms. The van der Waals surface area contributed by atoms with Crippen LogP contribution < -0.4 is 9.64 Å². The number of nitro benzene ring substituents is 1. The van der Waals surface area contributed by atoms with Crippen molar-refractivity contribution in [2.24, 2.45) is 0 Å². The van der Waals surface area contributed by atoms with E-state index in [4.69, 9.17) is 21.7 Å². The van der Waals surface area contributed by atoms with Crippen molar-refractivity contribution in [1.82, 2.24) is 0 Å². The van der Waals surface area contributed by atoms with Crippen LogP contribution in [-0.4, -0.2) is 34.3 Å². The second-order valence-electron chi connectivity index (χ2n) is 6.07. The number of hydrogen-bond acceptors (Lipinski definition) is 8. The Balaban J connectivity index is 1.89. The topological polar surface area (TPSA) is 99.0 Å². The summed E-state index contributed by atoms with van der Waals surface area (Å²) in [4.78, 5) is 36.7. The van der Waals surface area contributed by atoms with Gasteiger partial charge in [-0.2, -0.15) is 0 Å². The smallest absolute Gasteiger partial charge is 0.344 e. The summed E-state index contributed by atoms with van der Waals surface area (Å²) < 4.78 is 11.4. The van der Waals surface area contributed by atoms with Gasteiger partial charge in [-0.25, -0.2) is 4.79 Å². The standard InChI is InChI=1S/C20H15BrN2O6S2/c1-2-28-18(24)11-29-16-7-6-13(21)8-12(16)9-17-19(25)22(20(30)31-17)14-4-3-5-15(10-14)23(26)27/h3-10H,2,11H2,1H3/b17-9-. The van der Waals surface area contributed by atoms with E-state index in [9.17, 15) is 19.7 Å². The summed E-state index contributed by atoms with van der Waals surface area (Å²) in [5.41, 5.74) is 0.725. The number of nitrogens with zero attached hydrogens (tertiary/aromatic N) is 2. The molecule has 11 heteroatoms. The van der Waals surface area contributed by atoms with Gasteiger partial charge in [0.25, 0.3) is 11.6 Å². The Kier molecular flexibility index (Phi) is 7.42. The molecule has 2 aromatic carbocycles. The van der Waals surface area contributed by atoms with Crippen LogP contribution in [0.25, 0.3) is 6.08 Å². The molecule has 1 fully saturated rings. The van der Waals surface area contributed by atoms with Gasteiger partial charge in [-0.15, -0.1) is 0 Å². The number of ether oxygens (including phenoxy) is 2. The predicted octanol–water partition coefficient (Wildman–Crippen LogP) is 4.71. The van der Waals surface area contributed by atoms with Crippen LogP contribution in [0, 0.1) is 10.1 Å². The van der Waals surface area contributed by atoms with E-state index in [1.165, 1.54) is 23.1 Å². The average Bonchev–Trinajstić information content (AvgIpc) is 3.00. The molecule has 8 nitrogen and oxygen atoms in total. The van der Waals surface area contributed by atoms with Crippen LogP contribution in [0.3, 0.4) is 0 Å². The molecule has 0 spiro atoms. The number of esters is 1. The molecule has 0 atom stereocenters. The number of carbonyl (C=O) groups excluding carboxylic acids is 2. The maximum atomic E-state index is 13.0. The van der Waals surface area contributed by atoms with E-state index < -0.39 is 16.8 Å². The zero-order chi connectivity index (χ0) is 22.5.